The Morgan fingerprint density at radius 1 is 1.29 bits per heavy atom. The Labute approximate surface area is 177 Å². The topological polar surface area (TPSA) is 165 Å². The number of Topliss-reactive ketones (excluding diaryl/α,β-unsaturated/α-hetero) is 1. The van der Waals surface area contributed by atoms with E-state index in [2.05, 4.69) is 0 Å². The molecule has 0 spiro atoms. The molecule has 1 aromatic rings. The predicted octanol–water partition coefficient (Wildman–Crippen LogP) is 2.72. The lowest BCUT2D eigenvalue weighted by molar-refractivity contribution is -0.394. The molecular weight excluding hydrogens is 410 g/mol. The molecule has 1 saturated carbocycles. The lowest BCUT2D eigenvalue weighted by Crippen LogP contribution is -2.49. The zero-order chi connectivity index (χ0) is 23.1. The highest BCUT2D eigenvalue weighted by Crippen LogP contribution is 2.51. The largest absolute Gasteiger partial charge is 0.475 e. The molecule has 11 heteroatoms. The average Bonchev–Trinajstić information content (AvgIpc) is 2.65. The van der Waals surface area contributed by atoms with E-state index in [9.17, 15) is 29.8 Å². The molecule has 1 aliphatic carbocycles. The maximum Gasteiger partial charge on any atom is 0.340 e. The van der Waals surface area contributed by atoms with Crippen LogP contribution in [0.15, 0.2) is 29.7 Å². The van der Waals surface area contributed by atoms with Crippen molar-refractivity contribution in [3.05, 3.63) is 55.4 Å². The number of fused-ring (bicyclic) bond motifs is 1. The Morgan fingerprint density at radius 2 is 1.97 bits per heavy atom. The molecule has 0 aromatic heterocycles. The van der Waals surface area contributed by atoms with Crippen molar-refractivity contribution in [1.82, 2.24) is 0 Å². The van der Waals surface area contributed by atoms with Crippen molar-refractivity contribution >= 4 is 23.1 Å². The van der Waals surface area contributed by atoms with Crippen molar-refractivity contribution in [2.24, 2.45) is 17.1 Å². The van der Waals surface area contributed by atoms with Crippen molar-refractivity contribution in [3.63, 3.8) is 0 Å². The number of ether oxygens (including phenoxy) is 2. The summed E-state index contributed by atoms with van der Waals surface area (Å²) in [6, 6.07) is 3.11. The summed E-state index contributed by atoms with van der Waals surface area (Å²) in [6.07, 6.45) is -0.0725. The highest BCUT2D eigenvalue weighted by Gasteiger charge is 2.53. The Kier molecular flexibility index (Phi) is 5.70. The summed E-state index contributed by atoms with van der Waals surface area (Å²) >= 11 is 0. The molecular formula is C20H23N3O8. The molecule has 0 amide bonds. The van der Waals surface area contributed by atoms with Crippen LogP contribution in [0.2, 0.25) is 0 Å². The number of hydrogen-bond acceptors (Lipinski definition) is 9. The van der Waals surface area contributed by atoms with Crippen LogP contribution >= 0.6 is 0 Å². The summed E-state index contributed by atoms with van der Waals surface area (Å²) in [4.78, 5) is 47.2. The van der Waals surface area contributed by atoms with Crippen LogP contribution in [-0.4, -0.2) is 34.3 Å². The summed E-state index contributed by atoms with van der Waals surface area (Å²) in [5.74, 6) is -3.38. The van der Waals surface area contributed by atoms with Gasteiger partial charge in [0.15, 0.2) is 5.88 Å². The van der Waals surface area contributed by atoms with Gasteiger partial charge in [0, 0.05) is 24.0 Å². The van der Waals surface area contributed by atoms with Crippen molar-refractivity contribution in [2.45, 2.75) is 45.6 Å². The number of carbonyl (C=O) groups excluding carboxylic acids is 2. The lowest BCUT2D eigenvalue weighted by Gasteiger charge is -2.45. The van der Waals surface area contributed by atoms with Gasteiger partial charge in [0.05, 0.1) is 28.4 Å². The first kappa shape index (κ1) is 22.2. The Hall–Kier alpha value is -3.50. The van der Waals surface area contributed by atoms with Crippen molar-refractivity contribution < 1.29 is 28.9 Å². The SMILES string of the molecule is CCOC(=O)C1=C(N)O[C@H]2CC(C)(C)CC(=O)[C@H]2[C@@H]1c1ccc([N+](=O)[O-])cc1[N+](=O)[O-]. The quantitative estimate of drug-likeness (QED) is 0.417. The van der Waals surface area contributed by atoms with Crippen LogP contribution in [0, 0.1) is 31.6 Å². The normalized spacial score (nSPS) is 24.7. The Balaban J connectivity index is 2.25. The van der Waals surface area contributed by atoms with Crippen LogP contribution in [0.5, 0.6) is 0 Å². The molecule has 1 aliphatic heterocycles. The molecule has 2 aliphatic rings. The summed E-state index contributed by atoms with van der Waals surface area (Å²) in [5, 5.41) is 22.9. The molecule has 0 saturated heterocycles. The van der Waals surface area contributed by atoms with Gasteiger partial charge in [-0.05, 0) is 24.8 Å². The molecule has 0 unspecified atom stereocenters. The second-order valence-electron chi connectivity index (χ2n) is 8.43. The first-order chi connectivity index (χ1) is 14.5. The van der Waals surface area contributed by atoms with Gasteiger partial charge in [-0.1, -0.05) is 13.8 Å². The number of rotatable bonds is 5. The van der Waals surface area contributed by atoms with E-state index in [0.717, 1.165) is 12.1 Å². The van der Waals surface area contributed by atoms with E-state index in [1.807, 2.05) is 13.8 Å². The number of nitro benzene ring substituents is 2. The van der Waals surface area contributed by atoms with Gasteiger partial charge in [0.25, 0.3) is 11.4 Å². The fourth-order valence-electron chi connectivity index (χ4n) is 4.47. The minimum absolute atomic E-state index is 0.0137. The zero-order valence-corrected chi connectivity index (χ0v) is 17.3. The summed E-state index contributed by atoms with van der Waals surface area (Å²) < 4.78 is 10.8. The lowest BCUT2D eigenvalue weighted by atomic mass is 9.63. The van der Waals surface area contributed by atoms with Crippen LogP contribution < -0.4 is 5.73 Å². The van der Waals surface area contributed by atoms with E-state index in [0.29, 0.717) is 6.42 Å². The van der Waals surface area contributed by atoms with Crippen molar-refractivity contribution in [2.75, 3.05) is 6.61 Å². The maximum absolute atomic E-state index is 13.1. The molecule has 31 heavy (non-hydrogen) atoms. The Bertz CT molecular complexity index is 1000. The molecule has 2 N–H and O–H groups in total. The molecule has 166 valence electrons. The van der Waals surface area contributed by atoms with E-state index in [-0.39, 0.29) is 41.2 Å². The number of ketones is 1. The summed E-state index contributed by atoms with van der Waals surface area (Å²) in [6.45, 7) is 5.39. The van der Waals surface area contributed by atoms with Crippen molar-refractivity contribution in [1.29, 1.82) is 0 Å². The molecule has 0 radical (unpaired) electrons. The third-order valence-corrected chi connectivity index (χ3v) is 5.64. The van der Waals surface area contributed by atoms with Gasteiger partial charge in [-0.3, -0.25) is 25.0 Å². The number of carbonyl (C=O) groups is 2. The average molecular weight is 433 g/mol. The number of nitrogens with two attached hydrogens (primary N) is 1. The van der Waals surface area contributed by atoms with E-state index < -0.39 is 45.1 Å². The monoisotopic (exact) mass is 433 g/mol. The van der Waals surface area contributed by atoms with Gasteiger partial charge in [0.1, 0.15) is 17.5 Å². The van der Waals surface area contributed by atoms with Gasteiger partial charge in [-0.2, -0.15) is 0 Å². The minimum atomic E-state index is -1.12. The van der Waals surface area contributed by atoms with Gasteiger partial charge in [0.2, 0.25) is 0 Å². The molecule has 0 bridgehead atoms. The smallest absolute Gasteiger partial charge is 0.340 e. The minimum Gasteiger partial charge on any atom is -0.475 e. The first-order valence-electron chi connectivity index (χ1n) is 9.75. The van der Waals surface area contributed by atoms with Gasteiger partial charge in [-0.15, -0.1) is 0 Å². The Morgan fingerprint density at radius 3 is 2.55 bits per heavy atom. The predicted molar refractivity (Wildman–Crippen MR) is 107 cm³/mol. The number of benzene rings is 1. The highest BCUT2D eigenvalue weighted by molar-refractivity contribution is 5.95. The number of nitro groups is 2. The number of nitrogens with zero attached hydrogens (tertiary/aromatic N) is 2. The fourth-order valence-corrected chi connectivity index (χ4v) is 4.47. The number of esters is 1. The van der Waals surface area contributed by atoms with Crippen molar-refractivity contribution in [3.8, 4) is 0 Å². The van der Waals surface area contributed by atoms with E-state index in [4.69, 9.17) is 15.2 Å². The van der Waals surface area contributed by atoms with Crippen LogP contribution in [0.3, 0.4) is 0 Å². The molecule has 3 rings (SSSR count). The zero-order valence-electron chi connectivity index (χ0n) is 17.3. The molecule has 11 nitrogen and oxygen atoms in total. The van der Waals surface area contributed by atoms with E-state index >= 15 is 0 Å². The molecule has 3 atom stereocenters. The third-order valence-electron chi connectivity index (χ3n) is 5.64. The van der Waals surface area contributed by atoms with Gasteiger partial charge >= 0.3 is 5.97 Å². The first-order valence-corrected chi connectivity index (χ1v) is 9.75. The maximum atomic E-state index is 13.1. The third kappa shape index (κ3) is 4.07. The van der Waals surface area contributed by atoms with Crippen LogP contribution in [0.1, 0.15) is 45.1 Å². The van der Waals surface area contributed by atoms with E-state index in [1.165, 1.54) is 6.07 Å². The fraction of sp³-hybridized carbons (Fsp3) is 0.500. The standard InChI is InChI=1S/C20H23N3O8/c1-4-30-19(25)17-15(11-6-5-10(22(26)27)7-12(11)23(28)29)16-13(24)8-20(2,3)9-14(16)31-18(17)21/h5-7,14-16H,4,8-9,21H2,1-3H3/t14-,15-,16+/m0/s1. The van der Waals surface area contributed by atoms with Crippen LogP contribution in [0.25, 0.3) is 0 Å². The molecule has 1 aromatic carbocycles. The molecule has 1 fully saturated rings. The summed E-state index contributed by atoms with van der Waals surface area (Å²) in [7, 11) is 0. The van der Waals surface area contributed by atoms with Crippen LogP contribution in [-0.2, 0) is 19.1 Å². The number of non-ortho nitro benzene ring substituents is 1. The highest BCUT2D eigenvalue weighted by atomic mass is 16.6. The van der Waals surface area contributed by atoms with E-state index in [1.54, 1.807) is 6.92 Å². The van der Waals surface area contributed by atoms with Gasteiger partial charge in [-0.25, -0.2) is 4.79 Å². The summed E-state index contributed by atoms with van der Waals surface area (Å²) in [5.41, 5.74) is 4.40. The number of hydrogen-bond donors (Lipinski definition) is 1. The molecule has 1 heterocycles. The van der Waals surface area contributed by atoms with Gasteiger partial charge < -0.3 is 15.2 Å². The second kappa shape index (κ2) is 7.97. The van der Waals surface area contributed by atoms with Crippen LogP contribution in [0.4, 0.5) is 11.4 Å². The second-order valence-corrected chi connectivity index (χ2v) is 8.43.